The van der Waals surface area contributed by atoms with Crippen LogP contribution in [0, 0.1) is 0 Å². The lowest BCUT2D eigenvalue weighted by molar-refractivity contribution is -0.250. The smallest absolute Gasteiger partial charge is 0.134 e. The number of nitrogens with one attached hydrogen (secondary N) is 1. The molecule has 0 saturated heterocycles. The molecule has 1 amide bonds. The molecule has 3 heteroatoms. The highest BCUT2D eigenvalue weighted by Crippen LogP contribution is 1.97. The molecule has 0 aliphatic rings. The molecule has 0 heterocycles. The Kier molecular flexibility index (Phi) is 3.14. The van der Waals surface area contributed by atoms with Crippen molar-refractivity contribution < 1.29 is 9.90 Å². The second-order valence-electron chi connectivity index (χ2n) is 2.45. The minimum atomic E-state index is -1.22. The third kappa shape index (κ3) is 3.05. The van der Waals surface area contributed by atoms with Gasteiger partial charge in [0.25, 0.3) is 0 Å². The fourth-order valence-electron chi connectivity index (χ4n) is 0.954. The summed E-state index contributed by atoms with van der Waals surface area (Å²) in [5, 5.41) is 12.2. The first kappa shape index (κ1) is 8.59. The van der Waals surface area contributed by atoms with Gasteiger partial charge in [0, 0.05) is 6.54 Å². The summed E-state index contributed by atoms with van der Waals surface area (Å²) in [6.45, 7) is 0.409. The van der Waals surface area contributed by atoms with Gasteiger partial charge in [-0.3, -0.25) is 0 Å². The average molecular weight is 164 g/mol. The molecule has 0 radical (unpaired) electrons. The molecule has 0 bridgehead atoms. The Labute approximate surface area is 71.0 Å². The lowest BCUT2D eigenvalue weighted by atomic mass is 10.1. The predicted molar refractivity (Wildman–Crippen MR) is 43.5 cm³/mol. The van der Waals surface area contributed by atoms with E-state index in [-0.39, 0.29) is 0 Å². The summed E-state index contributed by atoms with van der Waals surface area (Å²) in [7, 11) is 0. The maximum atomic E-state index is 9.97. The van der Waals surface area contributed by atoms with Crippen molar-refractivity contribution in [2.45, 2.75) is 6.42 Å². The number of amides is 1. The summed E-state index contributed by atoms with van der Waals surface area (Å²) in [5.74, 6) is 0. The topological polar surface area (TPSA) is 52.2 Å². The van der Waals surface area contributed by atoms with E-state index in [1.165, 1.54) is 0 Å². The van der Waals surface area contributed by atoms with Gasteiger partial charge in [0.15, 0.2) is 0 Å². The van der Waals surface area contributed by atoms with E-state index in [1.807, 2.05) is 30.3 Å². The average Bonchev–Trinajstić information content (AvgIpc) is 2.05. The van der Waals surface area contributed by atoms with Crippen molar-refractivity contribution in [1.82, 2.24) is 5.32 Å². The molecule has 3 nitrogen and oxygen atoms in total. The van der Waals surface area contributed by atoms with Crippen molar-refractivity contribution in [3.8, 4) is 0 Å². The quantitative estimate of drug-likeness (QED) is 0.692. The standard InChI is InChI=1S/C9H11NO2/c11-9(12)10-7-6-8-4-2-1-3-5-8/h1-5,10H,6-7H2,(H,11,12)/p-1. The second kappa shape index (κ2) is 4.38. The zero-order valence-electron chi connectivity index (χ0n) is 6.62. The lowest BCUT2D eigenvalue weighted by Gasteiger charge is -2.05. The minimum absolute atomic E-state index is 0.409. The number of carbonyl (C=O) groups excluding carboxylic acids is 1. The molecule has 0 spiro atoms. The largest absolute Gasteiger partial charge is 0.530 e. The lowest BCUT2D eigenvalue weighted by Crippen LogP contribution is -2.37. The summed E-state index contributed by atoms with van der Waals surface area (Å²) in [5.41, 5.74) is 1.12. The van der Waals surface area contributed by atoms with Crippen LogP contribution in [0.15, 0.2) is 30.3 Å². The van der Waals surface area contributed by atoms with Gasteiger partial charge < -0.3 is 15.2 Å². The molecule has 0 atom stereocenters. The second-order valence-corrected chi connectivity index (χ2v) is 2.45. The molecule has 0 aliphatic heterocycles. The van der Waals surface area contributed by atoms with Gasteiger partial charge in [-0.15, -0.1) is 0 Å². The van der Waals surface area contributed by atoms with Crippen LogP contribution in [0.3, 0.4) is 0 Å². The maximum absolute atomic E-state index is 9.97. The van der Waals surface area contributed by atoms with Crippen LogP contribution in [-0.2, 0) is 6.42 Å². The van der Waals surface area contributed by atoms with Gasteiger partial charge in [-0.2, -0.15) is 0 Å². The number of rotatable bonds is 3. The maximum Gasteiger partial charge on any atom is 0.134 e. The molecule has 0 aliphatic carbocycles. The van der Waals surface area contributed by atoms with Crippen molar-refractivity contribution in [3.63, 3.8) is 0 Å². The van der Waals surface area contributed by atoms with Crippen molar-refractivity contribution in [2.24, 2.45) is 0 Å². The zero-order chi connectivity index (χ0) is 8.81. The Morgan fingerprint density at radius 3 is 2.58 bits per heavy atom. The molecule has 0 fully saturated rings. The molecule has 1 aromatic carbocycles. The highest BCUT2D eigenvalue weighted by Gasteiger charge is 1.89. The molecule has 0 unspecified atom stereocenters. The molecular weight excluding hydrogens is 154 g/mol. The first-order chi connectivity index (χ1) is 5.79. The van der Waals surface area contributed by atoms with E-state index in [9.17, 15) is 9.90 Å². The molecular formula is C9H10NO2-. The number of hydrogen-bond donors (Lipinski definition) is 1. The number of benzene rings is 1. The molecule has 1 rings (SSSR count). The van der Waals surface area contributed by atoms with Gasteiger partial charge in [-0.1, -0.05) is 30.3 Å². The number of carbonyl (C=O) groups is 1. The summed E-state index contributed by atoms with van der Waals surface area (Å²) >= 11 is 0. The molecule has 0 saturated carbocycles. The molecule has 1 N–H and O–H groups in total. The van der Waals surface area contributed by atoms with Crippen LogP contribution in [0.5, 0.6) is 0 Å². The summed E-state index contributed by atoms with van der Waals surface area (Å²) in [6, 6.07) is 9.69. The fourth-order valence-corrected chi connectivity index (χ4v) is 0.954. The van der Waals surface area contributed by atoms with Crippen molar-refractivity contribution in [1.29, 1.82) is 0 Å². The van der Waals surface area contributed by atoms with E-state index in [1.54, 1.807) is 0 Å². The Bertz CT molecular complexity index is 246. The van der Waals surface area contributed by atoms with Crippen LogP contribution >= 0.6 is 0 Å². The fraction of sp³-hybridized carbons (Fsp3) is 0.222. The third-order valence-electron chi connectivity index (χ3n) is 1.53. The Hall–Kier alpha value is -1.51. The van der Waals surface area contributed by atoms with Crippen LogP contribution in [0.1, 0.15) is 5.56 Å². The normalized spacial score (nSPS) is 9.33. The van der Waals surface area contributed by atoms with Crippen molar-refractivity contribution in [2.75, 3.05) is 6.54 Å². The van der Waals surface area contributed by atoms with Gasteiger partial charge >= 0.3 is 0 Å². The van der Waals surface area contributed by atoms with E-state index in [4.69, 9.17) is 0 Å². The van der Waals surface area contributed by atoms with Crippen molar-refractivity contribution >= 4 is 6.09 Å². The summed E-state index contributed by atoms with van der Waals surface area (Å²) < 4.78 is 0. The van der Waals surface area contributed by atoms with Gasteiger partial charge in [-0.25, -0.2) is 0 Å². The molecule has 64 valence electrons. The summed E-state index contributed by atoms with van der Waals surface area (Å²) in [4.78, 5) is 9.97. The highest BCUT2D eigenvalue weighted by atomic mass is 16.4. The molecule has 12 heavy (non-hydrogen) atoms. The van der Waals surface area contributed by atoms with Gasteiger partial charge in [0.1, 0.15) is 6.09 Å². The third-order valence-corrected chi connectivity index (χ3v) is 1.53. The predicted octanol–water partition coefficient (Wildman–Crippen LogP) is 0.162. The Morgan fingerprint density at radius 1 is 1.33 bits per heavy atom. The van der Waals surface area contributed by atoms with Crippen LogP contribution in [0.4, 0.5) is 4.79 Å². The Morgan fingerprint density at radius 2 is 2.00 bits per heavy atom. The molecule has 0 aromatic heterocycles. The first-order valence-corrected chi connectivity index (χ1v) is 3.78. The zero-order valence-corrected chi connectivity index (χ0v) is 6.62. The first-order valence-electron chi connectivity index (χ1n) is 3.78. The number of carboxylic acid groups (broad SMARTS) is 1. The van der Waals surface area contributed by atoms with E-state index in [0.29, 0.717) is 13.0 Å². The van der Waals surface area contributed by atoms with Gasteiger partial charge in [-0.05, 0) is 12.0 Å². The SMILES string of the molecule is O=C([O-])NCCc1ccccc1. The molecule has 1 aromatic rings. The van der Waals surface area contributed by atoms with Crippen molar-refractivity contribution in [3.05, 3.63) is 35.9 Å². The van der Waals surface area contributed by atoms with Gasteiger partial charge in [0.05, 0.1) is 0 Å². The van der Waals surface area contributed by atoms with E-state index in [2.05, 4.69) is 5.32 Å². The summed E-state index contributed by atoms with van der Waals surface area (Å²) in [6.07, 6.45) is -0.514. The van der Waals surface area contributed by atoms with E-state index < -0.39 is 6.09 Å². The number of hydrogen-bond acceptors (Lipinski definition) is 2. The van der Waals surface area contributed by atoms with Crippen LogP contribution in [0.2, 0.25) is 0 Å². The highest BCUT2D eigenvalue weighted by molar-refractivity contribution is 5.61. The van der Waals surface area contributed by atoms with Gasteiger partial charge in [0.2, 0.25) is 0 Å². The monoisotopic (exact) mass is 164 g/mol. The van der Waals surface area contributed by atoms with E-state index >= 15 is 0 Å². The van der Waals surface area contributed by atoms with Crippen LogP contribution in [0.25, 0.3) is 0 Å². The minimum Gasteiger partial charge on any atom is -0.530 e. The van der Waals surface area contributed by atoms with Crippen LogP contribution < -0.4 is 10.4 Å². The van der Waals surface area contributed by atoms with Crippen LogP contribution in [-0.4, -0.2) is 12.6 Å². The Balaban J connectivity index is 2.29. The van der Waals surface area contributed by atoms with E-state index in [0.717, 1.165) is 5.56 Å².